The molecule has 42 heavy (non-hydrogen) atoms. The minimum Gasteiger partial charge on any atom is -0.456 e. The van der Waals surface area contributed by atoms with Crippen molar-refractivity contribution in [1.82, 2.24) is 34.4 Å². The quantitative estimate of drug-likeness (QED) is 0.268. The lowest BCUT2D eigenvalue weighted by Crippen LogP contribution is -2.38. The van der Waals surface area contributed by atoms with Gasteiger partial charge in [-0.05, 0) is 67.7 Å². The van der Waals surface area contributed by atoms with Crippen LogP contribution in [-0.4, -0.2) is 66.0 Å². The van der Waals surface area contributed by atoms with Gasteiger partial charge in [0.2, 0.25) is 5.91 Å². The Morgan fingerprint density at radius 1 is 1.07 bits per heavy atom. The largest absolute Gasteiger partial charge is 0.456 e. The highest BCUT2D eigenvalue weighted by molar-refractivity contribution is 6.32. The zero-order chi connectivity index (χ0) is 28.6. The summed E-state index contributed by atoms with van der Waals surface area (Å²) >= 11 is 6.60. The number of carbonyl (C=O) groups is 1. The Kier molecular flexibility index (Phi) is 6.79. The molecule has 5 aromatic rings. The van der Waals surface area contributed by atoms with Gasteiger partial charge in [-0.25, -0.2) is 24.5 Å². The van der Waals surface area contributed by atoms with Crippen LogP contribution in [0.25, 0.3) is 16.7 Å². The number of carbonyl (C=O) groups excluding carboxylic acids is 1. The topological polar surface area (TPSA) is 114 Å². The van der Waals surface area contributed by atoms with Crippen molar-refractivity contribution in [2.45, 2.75) is 25.3 Å². The molecule has 7 rings (SSSR count). The number of halogens is 1. The Morgan fingerprint density at radius 2 is 2.00 bits per heavy atom. The first kappa shape index (κ1) is 26.1. The van der Waals surface area contributed by atoms with E-state index in [9.17, 15) is 4.79 Å². The van der Waals surface area contributed by atoms with E-state index in [0.29, 0.717) is 39.4 Å². The molecule has 0 bridgehead atoms. The van der Waals surface area contributed by atoms with Gasteiger partial charge in [0, 0.05) is 43.6 Å². The van der Waals surface area contributed by atoms with Crippen molar-refractivity contribution in [3.8, 4) is 11.5 Å². The number of aromatic nitrogens is 6. The number of hydrogen-bond acceptors (Lipinski definition) is 9. The van der Waals surface area contributed by atoms with E-state index >= 15 is 0 Å². The highest BCUT2D eigenvalue weighted by atomic mass is 35.5. The molecule has 0 radical (unpaired) electrons. The average molecular weight is 582 g/mol. The van der Waals surface area contributed by atoms with Crippen LogP contribution >= 0.6 is 11.6 Å². The number of amides is 1. The summed E-state index contributed by atoms with van der Waals surface area (Å²) in [6.07, 6.45) is 9.17. The molecular formula is C30H28ClN9O2. The number of nitrogens with one attached hydrogen (secondary N) is 1. The molecule has 12 heteroatoms. The highest BCUT2D eigenvalue weighted by Gasteiger charge is 2.38. The van der Waals surface area contributed by atoms with E-state index in [1.54, 1.807) is 35.0 Å². The van der Waals surface area contributed by atoms with Crippen molar-refractivity contribution >= 4 is 51.5 Å². The fourth-order valence-corrected chi connectivity index (χ4v) is 6.19. The van der Waals surface area contributed by atoms with E-state index < -0.39 is 0 Å². The maximum Gasteiger partial charge on any atom is 0.246 e. The van der Waals surface area contributed by atoms with Crippen molar-refractivity contribution in [1.29, 1.82) is 0 Å². The molecular weight excluding hydrogens is 554 g/mol. The van der Waals surface area contributed by atoms with Crippen LogP contribution in [0.4, 0.5) is 17.3 Å². The summed E-state index contributed by atoms with van der Waals surface area (Å²) < 4.78 is 7.66. The predicted molar refractivity (Wildman–Crippen MR) is 160 cm³/mol. The third kappa shape index (κ3) is 4.96. The SMILES string of the molecule is C=CC(=O)N1CCC2CN(c3ccc4ncnc(Nc5ccc(Oc6ccn7ncnc7c6)c(Cl)c5)c4n3)CCCC21. The summed E-state index contributed by atoms with van der Waals surface area (Å²) in [6.45, 7) is 6.19. The monoisotopic (exact) mass is 581 g/mol. The summed E-state index contributed by atoms with van der Waals surface area (Å²) in [5.74, 6) is 3.01. The Balaban J connectivity index is 1.11. The van der Waals surface area contributed by atoms with Gasteiger partial charge < -0.3 is 19.9 Å². The van der Waals surface area contributed by atoms with E-state index in [1.165, 1.54) is 18.7 Å². The van der Waals surface area contributed by atoms with E-state index in [-0.39, 0.29) is 11.9 Å². The summed E-state index contributed by atoms with van der Waals surface area (Å²) in [6, 6.07) is 13.3. The minimum absolute atomic E-state index is 0.0284. The second kappa shape index (κ2) is 10.9. The Labute approximate surface area is 246 Å². The van der Waals surface area contributed by atoms with Gasteiger partial charge in [0.1, 0.15) is 35.5 Å². The number of benzene rings is 1. The number of rotatable bonds is 6. The van der Waals surface area contributed by atoms with E-state index in [0.717, 1.165) is 55.9 Å². The molecule has 212 valence electrons. The molecule has 2 unspecified atom stereocenters. The molecule has 0 spiro atoms. The van der Waals surface area contributed by atoms with Gasteiger partial charge in [0.05, 0.1) is 10.5 Å². The zero-order valence-corrected chi connectivity index (χ0v) is 23.5. The molecule has 2 atom stereocenters. The van der Waals surface area contributed by atoms with E-state index in [2.05, 4.69) is 36.8 Å². The molecule has 2 saturated heterocycles. The molecule has 1 aromatic carbocycles. The highest BCUT2D eigenvalue weighted by Crippen LogP contribution is 2.35. The average Bonchev–Trinajstić information content (AvgIpc) is 3.58. The number of hydrogen-bond donors (Lipinski definition) is 1. The van der Waals surface area contributed by atoms with Gasteiger partial charge >= 0.3 is 0 Å². The number of ether oxygens (including phenoxy) is 1. The number of anilines is 3. The lowest BCUT2D eigenvalue weighted by molar-refractivity contribution is -0.127. The van der Waals surface area contributed by atoms with Crippen molar-refractivity contribution < 1.29 is 9.53 Å². The molecule has 1 N–H and O–H groups in total. The van der Waals surface area contributed by atoms with Gasteiger partial charge in [-0.15, -0.1) is 0 Å². The van der Waals surface area contributed by atoms with Gasteiger partial charge in [-0.3, -0.25) is 4.79 Å². The number of likely N-dealkylation sites (tertiary alicyclic amines) is 1. The first-order valence-electron chi connectivity index (χ1n) is 13.9. The molecule has 0 aliphatic carbocycles. The Bertz CT molecular complexity index is 1810. The van der Waals surface area contributed by atoms with Crippen LogP contribution in [0.2, 0.25) is 5.02 Å². The third-order valence-electron chi connectivity index (χ3n) is 7.99. The van der Waals surface area contributed by atoms with Crippen molar-refractivity contribution in [2.24, 2.45) is 5.92 Å². The van der Waals surface area contributed by atoms with Crippen LogP contribution in [0.1, 0.15) is 19.3 Å². The standard InChI is InChI=1S/C30H28ClN9O2/c1-2-28(41)39-12-9-19-16-38(11-3-4-24(19)39)26-8-6-23-29(37-26)30(34-17-32-23)36-20-5-7-25(22(31)14-20)42-21-10-13-40-27(15-21)33-18-35-40/h2,5-8,10,13-15,17-19,24H,1,3-4,9,11-12,16H2,(H,32,34,36). The van der Waals surface area contributed by atoms with Crippen LogP contribution in [0.5, 0.6) is 11.5 Å². The summed E-state index contributed by atoms with van der Waals surface area (Å²) in [5, 5.41) is 7.89. The van der Waals surface area contributed by atoms with E-state index in [4.69, 9.17) is 21.3 Å². The van der Waals surface area contributed by atoms with Crippen LogP contribution in [-0.2, 0) is 4.79 Å². The second-order valence-electron chi connectivity index (χ2n) is 10.5. The fourth-order valence-electron chi connectivity index (χ4n) is 5.97. The van der Waals surface area contributed by atoms with Crippen LogP contribution < -0.4 is 15.0 Å². The van der Waals surface area contributed by atoms with Crippen LogP contribution in [0, 0.1) is 5.92 Å². The summed E-state index contributed by atoms with van der Waals surface area (Å²) in [7, 11) is 0. The molecule has 11 nitrogen and oxygen atoms in total. The maximum atomic E-state index is 12.4. The lowest BCUT2D eigenvalue weighted by atomic mass is 9.98. The molecule has 2 aliphatic heterocycles. The van der Waals surface area contributed by atoms with Gasteiger partial charge in [-0.1, -0.05) is 18.2 Å². The number of pyridine rings is 2. The molecule has 2 fully saturated rings. The van der Waals surface area contributed by atoms with Crippen molar-refractivity contribution in [3.05, 3.63) is 79.0 Å². The molecule has 4 aromatic heterocycles. The smallest absolute Gasteiger partial charge is 0.246 e. The summed E-state index contributed by atoms with van der Waals surface area (Å²) in [4.78, 5) is 34.8. The summed E-state index contributed by atoms with van der Waals surface area (Å²) in [5.41, 5.74) is 2.83. The maximum absolute atomic E-state index is 12.4. The zero-order valence-electron chi connectivity index (χ0n) is 22.7. The minimum atomic E-state index is 0.0284. The second-order valence-corrected chi connectivity index (χ2v) is 10.9. The van der Waals surface area contributed by atoms with Gasteiger partial charge in [-0.2, -0.15) is 5.10 Å². The Hall–Kier alpha value is -4.77. The fraction of sp³-hybridized carbons (Fsp3) is 0.267. The van der Waals surface area contributed by atoms with Crippen LogP contribution in [0.3, 0.4) is 0 Å². The molecule has 6 heterocycles. The van der Waals surface area contributed by atoms with Crippen molar-refractivity contribution in [2.75, 3.05) is 29.9 Å². The molecule has 0 saturated carbocycles. The van der Waals surface area contributed by atoms with Gasteiger partial charge in [0.25, 0.3) is 0 Å². The lowest BCUT2D eigenvalue weighted by Gasteiger charge is -2.27. The first-order valence-corrected chi connectivity index (χ1v) is 14.3. The predicted octanol–water partition coefficient (Wildman–Crippen LogP) is 5.26. The Morgan fingerprint density at radius 3 is 2.88 bits per heavy atom. The van der Waals surface area contributed by atoms with Crippen molar-refractivity contribution in [3.63, 3.8) is 0 Å². The molecule has 2 aliphatic rings. The first-order chi connectivity index (χ1) is 20.6. The van der Waals surface area contributed by atoms with Gasteiger partial charge in [0.15, 0.2) is 11.5 Å². The molecule has 1 amide bonds. The third-order valence-corrected chi connectivity index (χ3v) is 8.29. The van der Waals surface area contributed by atoms with E-state index in [1.807, 2.05) is 23.1 Å². The number of fused-ring (bicyclic) bond motifs is 3. The normalized spacial score (nSPS) is 18.6. The van der Waals surface area contributed by atoms with Crippen LogP contribution in [0.15, 0.2) is 74.0 Å². The number of nitrogens with zero attached hydrogens (tertiary/aromatic N) is 8.